The first kappa shape index (κ1) is 34.0. The number of anilines is 2. The Morgan fingerprint density at radius 3 is 1.74 bits per heavy atom. The molecule has 0 fully saturated rings. The number of phenols is 1. The summed E-state index contributed by atoms with van der Waals surface area (Å²) in [4.78, 5) is 64.4. The van der Waals surface area contributed by atoms with Crippen LogP contribution in [0.4, 0.5) is 11.4 Å². The summed E-state index contributed by atoms with van der Waals surface area (Å²) in [6, 6.07) is 2.57. The number of carboxylic acids is 2. The highest BCUT2D eigenvalue weighted by atomic mass is 16.5. The number of methoxy groups -OCH3 is 3. The molecular formula is C37H36N2O11. The van der Waals surface area contributed by atoms with E-state index in [1.54, 1.807) is 13.0 Å². The molecule has 6 rings (SSSR count). The van der Waals surface area contributed by atoms with Gasteiger partial charge < -0.3 is 40.2 Å². The van der Waals surface area contributed by atoms with Gasteiger partial charge in [0.05, 0.1) is 49.4 Å². The van der Waals surface area contributed by atoms with Crippen LogP contribution in [0, 0.1) is 0 Å². The number of rotatable bonds is 14. The molecule has 13 heteroatoms. The predicted octanol–water partition coefficient (Wildman–Crippen LogP) is 5.27. The van der Waals surface area contributed by atoms with Crippen LogP contribution in [0.1, 0.15) is 56.6 Å². The maximum Gasteiger partial charge on any atom is 0.303 e. The number of carboxylic acid groups (broad SMARTS) is 2. The molecule has 0 saturated carbocycles. The third kappa shape index (κ3) is 5.11. The van der Waals surface area contributed by atoms with Crippen LogP contribution in [0.3, 0.4) is 0 Å². The molecule has 0 spiro atoms. The number of carbonyl (C=O) groups excluding carboxylic acids is 1. The summed E-state index contributed by atoms with van der Waals surface area (Å²) in [5.41, 5.74) is 0.853. The van der Waals surface area contributed by atoms with Crippen LogP contribution in [0.15, 0.2) is 27.3 Å². The van der Waals surface area contributed by atoms with Gasteiger partial charge in [0.15, 0.2) is 16.6 Å². The van der Waals surface area contributed by atoms with E-state index in [-0.39, 0.29) is 89.7 Å². The van der Waals surface area contributed by atoms with Gasteiger partial charge >= 0.3 is 11.9 Å². The molecule has 0 bridgehead atoms. The smallest absolute Gasteiger partial charge is 0.303 e. The zero-order valence-electron chi connectivity index (χ0n) is 28.2. The average Bonchev–Trinajstić information content (AvgIpc) is 3.19. The van der Waals surface area contributed by atoms with E-state index in [0.717, 1.165) is 0 Å². The number of Topliss-reactive ketones (excluding diaryl/α,β-unsaturated/α-hetero) is 1. The molecule has 5 N–H and O–H groups in total. The van der Waals surface area contributed by atoms with E-state index in [9.17, 15) is 39.3 Å². The molecule has 50 heavy (non-hydrogen) atoms. The summed E-state index contributed by atoms with van der Waals surface area (Å²) in [5.74, 6) is -2.97. The maximum absolute atomic E-state index is 14.2. The van der Waals surface area contributed by atoms with E-state index in [1.807, 2.05) is 0 Å². The second-order valence-electron chi connectivity index (χ2n) is 12.4. The Labute approximate surface area is 284 Å². The standard InChI is InChI=1S/C37H36N2O11/c1-15-12-17-25-30-27(36(47)34(17)38-10-6-8-22(43)44)19(42)14-21(49-4)28(30)29-20(48-3)13-18(41)26-32(29)31(25)33(24(15)16(2)40)37(50-5)35(26)39-11-7-9-23(45)46/h12-14,24,38-39,47H,6-11H2,1-5H3,(H,43,44)(H,45,46). The highest BCUT2D eigenvalue weighted by Gasteiger charge is 2.37. The molecule has 1 unspecified atom stereocenters. The van der Waals surface area contributed by atoms with Crippen molar-refractivity contribution in [3.8, 4) is 23.0 Å². The van der Waals surface area contributed by atoms with Crippen molar-refractivity contribution in [2.45, 2.75) is 45.4 Å². The summed E-state index contributed by atoms with van der Waals surface area (Å²) in [6.07, 6.45) is 1.93. The molecule has 0 radical (unpaired) electrons. The van der Waals surface area contributed by atoms with Gasteiger partial charge in [0.2, 0.25) is 0 Å². The van der Waals surface area contributed by atoms with Gasteiger partial charge in [0, 0.05) is 76.1 Å². The highest BCUT2D eigenvalue weighted by Crippen LogP contribution is 2.58. The van der Waals surface area contributed by atoms with Crippen molar-refractivity contribution in [3.63, 3.8) is 0 Å². The maximum atomic E-state index is 14.2. The lowest BCUT2D eigenvalue weighted by atomic mass is 9.80. The normalized spacial score (nSPS) is 13.9. The zero-order valence-corrected chi connectivity index (χ0v) is 28.2. The molecule has 260 valence electrons. The Balaban J connectivity index is 1.94. The van der Waals surface area contributed by atoms with Gasteiger partial charge in [0.25, 0.3) is 0 Å². The molecule has 1 aliphatic rings. The first-order valence-corrected chi connectivity index (χ1v) is 16.0. The molecule has 1 aliphatic carbocycles. The molecule has 0 aliphatic heterocycles. The van der Waals surface area contributed by atoms with E-state index in [1.165, 1.54) is 40.4 Å². The summed E-state index contributed by atoms with van der Waals surface area (Å²) < 4.78 is 17.7. The fourth-order valence-corrected chi connectivity index (χ4v) is 7.55. The second-order valence-corrected chi connectivity index (χ2v) is 12.4. The van der Waals surface area contributed by atoms with Gasteiger partial charge in [-0.15, -0.1) is 0 Å². The van der Waals surface area contributed by atoms with Crippen LogP contribution in [0.25, 0.3) is 49.2 Å². The minimum Gasteiger partial charge on any atom is -0.505 e. The van der Waals surface area contributed by atoms with E-state index >= 15 is 0 Å². The Kier molecular flexibility index (Phi) is 8.77. The van der Waals surface area contributed by atoms with E-state index < -0.39 is 28.7 Å². The Bertz CT molecular complexity index is 2400. The molecule has 0 saturated heterocycles. The number of benzene rings is 5. The Morgan fingerprint density at radius 1 is 0.720 bits per heavy atom. The number of aromatic hydroxyl groups is 1. The first-order valence-electron chi connectivity index (χ1n) is 16.0. The quantitative estimate of drug-likeness (QED) is 0.0439. The summed E-state index contributed by atoms with van der Waals surface area (Å²) in [5, 5.41) is 39.3. The number of ketones is 1. The third-order valence-corrected chi connectivity index (χ3v) is 9.42. The molecule has 0 amide bonds. The van der Waals surface area contributed by atoms with Crippen molar-refractivity contribution >= 4 is 78.3 Å². The zero-order chi connectivity index (χ0) is 36.2. The van der Waals surface area contributed by atoms with Crippen LogP contribution >= 0.6 is 0 Å². The minimum absolute atomic E-state index is 0.0412. The summed E-state index contributed by atoms with van der Waals surface area (Å²) >= 11 is 0. The Hall–Kier alpha value is -5.85. The van der Waals surface area contributed by atoms with Crippen LogP contribution in [-0.4, -0.2) is 67.5 Å². The topological polar surface area (TPSA) is 198 Å². The number of carbonyl (C=O) groups is 3. The fraction of sp³-hybridized carbons (Fsp3) is 0.324. The number of aliphatic carboxylic acids is 2. The summed E-state index contributed by atoms with van der Waals surface area (Å²) in [6.45, 7) is 3.50. The first-order chi connectivity index (χ1) is 23.9. The lowest BCUT2D eigenvalue weighted by Gasteiger charge is -2.27. The third-order valence-electron chi connectivity index (χ3n) is 9.42. The van der Waals surface area contributed by atoms with Crippen LogP contribution < -0.4 is 35.7 Å². The SMILES string of the molecule is COc1c(NCCCC(=O)O)c2c(=O)cc(OC)c3c4c(OC)cc(=O)c5c(O)c(NCCCC(=O)O)c6c(c(c1C(C(C)=O)C(C)=C6)c23)c54. The van der Waals surface area contributed by atoms with Gasteiger partial charge in [0.1, 0.15) is 23.0 Å². The molecule has 13 nitrogen and oxygen atoms in total. The van der Waals surface area contributed by atoms with Crippen molar-refractivity contribution in [2.75, 3.05) is 45.1 Å². The molecule has 5 aromatic rings. The van der Waals surface area contributed by atoms with Gasteiger partial charge in [-0.2, -0.15) is 0 Å². The van der Waals surface area contributed by atoms with E-state index in [2.05, 4.69) is 10.6 Å². The van der Waals surface area contributed by atoms with Crippen molar-refractivity contribution in [1.29, 1.82) is 0 Å². The lowest BCUT2D eigenvalue weighted by Crippen LogP contribution is -2.17. The van der Waals surface area contributed by atoms with Gasteiger partial charge in [-0.1, -0.05) is 11.6 Å². The number of ether oxygens (including phenoxy) is 3. The van der Waals surface area contributed by atoms with Crippen LogP contribution in [-0.2, 0) is 14.4 Å². The second kappa shape index (κ2) is 12.9. The number of nitrogens with one attached hydrogen (secondary N) is 2. The van der Waals surface area contributed by atoms with Crippen molar-refractivity contribution in [1.82, 2.24) is 0 Å². The predicted molar refractivity (Wildman–Crippen MR) is 190 cm³/mol. The molecule has 5 aromatic carbocycles. The van der Waals surface area contributed by atoms with Gasteiger partial charge in [-0.05, 0) is 32.1 Å². The largest absolute Gasteiger partial charge is 0.505 e. The minimum atomic E-state index is -0.990. The van der Waals surface area contributed by atoms with Crippen molar-refractivity contribution in [3.05, 3.63) is 49.3 Å². The van der Waals surface area contributed by atoms with Crippen molar-refractivity contribution in [2.24, 2.45) is 0 Å². The van der Waals surface area contributed by atoms with Crippen LogP contribution in [0.5, 0.6) is 23.0 Å². The van der Waals surface area contributed by atoms with Gasteiger partial charge in [-0.25, -0.2) is 0 Å². The number of fused-ring (bicyclic) bond motifs is 1. The van der Waals surface area contributed by atoms with E-state index in [4.69, 9.17) is 14.2 Å². The molecular weight excluding hydrogens is 648 g/mol. The van der Waals surface area contributed by atoms with E-state index in [0.29, 0.717) is 49.0 Å². The number of hydrogen-bond donors (Lipinski definition) is 5. The highest BCUT2D eigenvalue weighted by molar-refractivity contribution is 6.40. The summed E-state index contributed by atoms with van der Waals surface area (Å²) in [7, 11) is 4.23. The monoisotopic (exact) mass is 684 g/mol. The fourth-order valence-electron chi connectivity index (χ4n) is 7.55. The van der Waals surface area contributed by atoms with Gasteiger partial charge in [-0.3, -0.25) is 24.0 Å². The van der Waals surface area contributed by atoms with Crippen LogP contribution in [0.2, 0.25) is 0 Å². The Morgan fingerprint density at radius 2 is 1.24 bits per heavy atom. The number of allylic oxidation sites excluding steroid dienone is 1. The van der Waals surface area contributed by atoms with Crippen molar-refractivity contribution < 1.29 is 43.9 Å². The molecule has 0 aromatic heterocycles. The molecule has 1 atom stereocenters. The average molecular weight is 685 g/mol. The molecule has 0 heterocycles. The number of phenolic OH excluding ortho intramolecular Hbond substituents is 1. The number of hydrogen-bond acceptors (Lipinski definition) is 11. The lowest BCUT2D eigenvalue weighted by molar-refractivity contribution is -0.138.